The molecule has 0 saturated carbocycles. The number of rotatable bonds is 4. The predicted octanol–water partition coefficient (Wildman–Crippen LogP) is 2.51. The maximum absolute atomic E-state index is 12.6. The van der Waals surface area contributed by atoms with Crippen LogP contribution in [0.5, 0.6) is 5.75 Å². The first-order valence-electron chi connectivity index (χ1n) is 9.27. The Kier molecular flexibility index (Phi) is 4.71. The van der Waals surface area contributed by atoms with Crippen LogP contribution >= 0.6 is 0 Å². The summed E-state index contributed by atoms with van der Waals surface area (Å²) in [6.45, 7) is 4.34. The number of carbonyl (C=O) groups is 2. The van der Waals surface area contributed by atoms with E-state index < -0.39 is 0 Å². The number of anilines is 1. The van der Waals surface area contributed by atoms with Crippen LogP contribution < -0.4 is 20.3 Å². The van der Waals surface area contributed by atoms with E-state index in [2.05, 4.69) is 16.7 Å². The summed E-state index contributed by atoms with van der Waals surface area (Å²) in [6.07, 6.45) is 0.892. The normalized spacial score (nSPS) is 18.5. The molecule has 0 spiro atoms. The van der Waals surface area contributed by atoms with E-state index in [0.29, 0.717) is 31.8 Å². The molecule has 2 aromatic carbocycles. The number of nitrogens with zero attached hydrogens (tertiary/aromatic N) is 1. The van der Waals surface area contributed by atoms with Crippen molar-refractivity contribution in [2.45, 2.75) is 13.3 Å². The predicted molar refractivity (Wildman–Crippen MR) is 103 cm³/mol. The number of amides is 3. The molecule has 0 radical (unpaired) electrons. The van der Waals surface area contributed by atoms with Gasteiger partial charge in [-0.15, -0.1) is 0 Å². The number of benzene rings is 2. The van der Waals surface area contributed by atoms with Crippen LogP contribution in [0.4, 0.5) is 10.5 Å². The van der Waals surface area contributed by atoms with Crippen LogP contribution in [-0.4, -0.2) is 38.2 Å². The number of hydrogen-bond donors (Lipinski definition) is 2. The molecule has 6 heteroatoms. The zero-order valence-corrected chi connectivity index (χ0v) is 15.3. The number of nitrogens with one attached hydrogen (secondary N) is 2. The van der Waals surface area contributed by atoms with Crippen molar-refractivity contribution in [2.24, 2.45) is 5.92 Å². The molecule has 2 heterocycles. The Morgan fingerprint density at radius 3 is 2.96 bits per heavy atom. The summed E-state index contributed by atoms with van der Waals surface area (Å²) in [7, 11) is 0. The van der Waals surface area contributed by atoms with Gasteiger partial charge >= 0.3 is 6.03 Å². The zero-order valence-electron chi connectivity index (χ0n) is 15.3. The molecule has 1 atom stereocenters. The summed E-state index contributed by atoms with van der Waals surface area (Å²) >= 11 is 0. The molecule has 1 fully saturated rings. The van der Waals surface area contributed by atoms with Crippen molar-refractivity contribution in [3.63, 3.8) is 0 Å². The van der Waals surface area contributed by atoms with Gasteiger partial charge in [-0.3, -0.25) is 9.69 Å². The average Bonchev–Trinajstić information content (AvgIpc) is 3.12. The van der Waals surface area contributed by atoms with Gasteiger partial charge in [-0.25, -0.2) is 4.79 Å². The summed E-state index contributed by atoms with van der Waals surface area (Å²) in [5, 5.41) is 5.80. The number of aryl methyl sites for hydroxylation is 1. The van der Waals surface area contributed by atoms with Crippen molar-refractivity contribution in [3.8, 4) is 5.75 Å². The summed E-state index contributed by atoms with van der Waals surface area (Å²) < 4.78 is 5.79. The fraction of sp³-hybridized carbons (Fsp3) is 0.333. The van der Waals surface area contributed by atoms with Crippen molar-refractivity contribution >= 4 is 17.6 Å². The van der Waals surface area contributed by atoms with Crippen molar-refractivity contribution in [1.29, 1.82) is 0 Å². The van der Waals surface area contributed by atoms with E-state index >= 15 is 0 Å². The molecule has 2 aliphatic heterocycles. The topological polar surface area (TPSA) is 70.7 Å². The first kappa shape index (κ1) is 17.4. The number of urea groups is 1. The van der Waals surface area contributed by atoms with E-state index in [0.717, 1.165) is 23.4 Å². The van der Waals surface area contributed by atoms with Crippen molar-refractivity contribution in [2.75, 3.05) is 31.1 Å². The second-order valence-electron chi connectivity index (χ2n) is 7.08. The molecule has 0 bridgehead atoms. The number of fused-ring (bicyclic) bond motifs is 1. The Labute approximate surface area is 158 Å². The van der Waals surface area contributed by atoms with Crippen molar-refractivity contribution < 1.29 is 14.3 Å². The zero-order chi connectivity index (χ0) is 18.8. The van der Waals surface area contributed by atoms with Crippen LogP contribution in [0.2, 0.25) is 0 Å². The smallest absolute Gasteiger partial charge is 0.322 e. The van der Waals surface area contributed by atoms with E-state index in [1.54, 1.807) is 17.0 Å². The Hall–Kier alpha value is -3.02. The summed E-state index contributed by atoms with van der Waals surface area (Å²) in [5.74, 6) is 1.06. The number of hydrogen-bond acceptors (Lipinski definition) is 3. The molecule has 2 aliphatic rings. The SMILES string of the molecule is Cc1ccc(C(=O)NC[C@H]2COc3ccccc3C2)cc1N1CCNC1=O. The summed E-state index contributed by atoms with van der Waals surface area (Å²) in [4.78, 5) is 26.2. The van der Waals surface area contributed by atoms with Crippen LogP contribution in [0, 0.1) is 12.8 Å². The Balaban J connectivity index is 1.41. The minimum Gasteiger partial charge on any atom is -0.493 e. The maximum Gasteiger partial charge on any atom is 0.322 e. The fourth-order valence-corrected chi connectivity index (χ4v) is 3.60. The Morgan fingerprint density at radius 2 is 2.15 bits per heavy atom. The van der Waals surface area contributed by atoms with Crippen LogP contribution in [-0.2, 0) is 6.42 Å². The van der Waals surface area contributed by atoms with Gasteiger partial charge in [-0.05, 0) is 42.7 Å². The average molecular weight is 365 g/mol. The lowest BCUT2D eigenvalue weighted by Gasteiger charge is -2.25. The Morgan fingerprint density at radius 1 is 1.30 bits per heavy atom. The molecule has 3 amide bonds. The molecule has 0 unspecified atom stereocenters. The molecule has 4 rings (SSSR count). The highest BCUT2D eigenvalue weighted by molar-refractivity contribution is 5.99. The van der Waals surface area contributed by atoms with Gasteiger partial charge < -0.3 is 15.4 Å². The molecule has 0 aromatic heterocycles. The highest BCUT2D eigenvalue weighted by Gasteiger charge is 2.24. The highest BCUT2D eigenvalue weighted by Crippen LogP contribution is 2.27. The third kappa shape index (κ3) is 3.60. The molecule has 2 aromatic rings. The largest absolute Gasteiger partial charge is 0.493 e. The number of ether oxygens (including phenoxy) is 1. The molecule has 1 saturated heterocycles. The monoisotopic (exact) mass is 365 g/mol. The number of carbonyl (C=O) groups excluding carboxylic acids is 2. The Bertz CT molecular complexity index is 881. The quantitative estimate of drug-likeness (QED) is 0.875. The third-order valence-corrected chi connectivity index (χ3v) is 5.13. The molecule has 140 valence electrons. The molecular weight excluding hydrogens is 342 g/mol. The highest BCUT2D eigenvalue weighted by atomic mass is 16.5. The van der Waals surface area contributed by atoms with Crippen LogP contribution in [0.1, 0.15) is 21.5 Å². The van der Waals surface area contributed by atoms with Gasteiger partial charge in [0.15, 0.2) is 0 Å². The minimum absolute atomic E-state index is 0.117. The van der Waals surface area contributed by atoms with E-state index in [-0.39, 0.29) is 17.9 Å². The van der Waals surface area contributed by atoms with Crippen molar-refractivity contribution in [3.05, 3.63) is 59.2 Å². The minimum atomic E-state index is -0.130. The standard InChI is InChI=1S/C21H23N3O3/c1-14-6-7-17(11-18(14)24-9-8-22-21(24)26)20(25)23-12-15-10-16-4-2-3-5-19(16)27-13-15/h2-7,11,15H,8-10,12-13H2,1H3,(H,22,26)(H,23,25)/t15-/m0/s1. The van der Waals surface area contributed by atoms with Crippen LogP contribution in [0.25, 0.3) is 0 Å². The van der Waals surface area contributed by atoms with E-state index in [9.17, 15) is 9.59 Å². The van der Waals surface area contributed by atoms with Gasteiger partial charge in [0.1, 0.15) is 5.75 Å². The first-order chi connectivity index (χ1) is 13.1. The second kappa shape index (κ2) is 7.31. The second-order valence-corrected chi connectivity index (χ2v) is 7.08. The molecular formula is C21H23N3O3. The van der Waals surface area contributed by atoms with E-state index in [1.165, 1.54) is 5.56 Å². The van der Waals surface area contributed by atoms with Crippen LogP contribution in [0.3, 0.4) is 0 Å². The molecule has 2 N–H and O–H groups in total. The van der Waals surface area contributed by atoms with E-state index in [4.69, 9.17) is 4.74 Å². The van der Waals surface area contributed by atoms with Crippen molar-refractivity contribution in [1.82, 2.24) is 10.6 Å². The lowest BCUT2D eigenvalue weighted by molar-refractivity contribution is 0.0939. The lowest BCUT2D eigenvalue weighted by atomic mass is 9.96. The summed E-state index contributed by atoms with van der Waals surface area (Å²) in [6, 6.07) is 13.4. The van der Waals surface area contributed by atoms with E-state index in [1.807, 2.05) is 31.2 Å². The fourth-order valence-electron chi connectivity index (χ4n) is 3.60. The van der Waals surface area contributed by atoms with Gasteiger partial charge in [-0.2, -0.15) is 0 Å². The first-order valence-corrected chi connectivity index (χ1v) is 9.27. The molecule has 0 aliphatic carbocycles. The molecule has 27 heavy (non-hydrogen) atoms. The van der Waals surface area contributed by atoms with Gasteiger partial charge in [0, 0.05) is 36.8 Å². The van der Waals surface area contributed by atoms with Gasteiger partial charge in [0.05, 0.1) is 6.61 Å². The molecule has 6 nitrogen and oxygen atoms in total. The number of para-hydroxylation sites is 1. The third-order valence-electron chi connectivity index (χ3n) is 5.13. The van der Waals surface area contributed by atoms with Gasteiger partial charge in [0.25, 0.3) is 5.91 Å². The maximum atomic E-state index is 12.6. The van der Waals surface area contributed by atoms with Gasteiger partial charge in [0.2, 0.25) is 0 Å². The summed E-state index contributed by atoms with van der Waals surface area (Å²) in [5.41, 5.74) is 3.50. The van der Waals surface area contributed by atoms with Gasteiger partial charge in [-0.1, -0.05) is 24.3 Å². The van der Waals surface area contributed by atoms with Crippen LogP contribution in [0.15, 0.2) is 42.5 Å². The lowest BCUT2D eigenvalue weighted by Crippen LogP contribution is -2.35.